The lowest BCUT2D eigenvalue weighted by Crippen LogP contribution is -2.24. The predicted octanol–water partition coefficient (Wildman–Crippen LogP) is 2.48. The SMILES string of the molecule is COc1cc(C(C)NCCOC(C)C)ccc1O. The van der Waals surface area contributed by atoms with E-state index in [-0.39, 0.29) is 17.9 Å². The Labute approximate surface area is 109 Å². The summed E-state index contributed by atoms with van der Waals surface area (Å²) in [4.78, 5) is 0. The van der Waals surface area contributed by atoms with E-state index in [1.54, 1.807) is 13.2 Å². The molecule has 0 amide bonds. The standard InChI is InChI=1S/C14H23NO3/c1-10(2)18-8-7-15-11(3)12-5-6-13(16)14(9-12)17-4/h5-6,9-11,15-16H,7-8H2,1-4H3. The first kappa shape index (κ1) is 14.8. The van der Waals surface area contributed by atoms with Crippen molar-refractivity contribution < 1.29 is 14.6 Å². The Hall–Kier alpha value is -1.26. The summed E-state index contributed by atoms with van der Waals surface area (Å²) in [7, 11) is 1.55. The second-order valence-corrected chi connectivity index (χ2v) is 4.53. The van der Waals surface area contributed by atoms with Crippen molar-refractivity contribution in [1.82, 2.24) is 5.32 Å². The molecule has 2 N–H and O–H groups in total. The van der Waals surface area contributed by atoms with Crippen LogP contribution in [0, 0.1) is 0 Å². The van der Waals surface area contributed by atoms with Crippen molar-refractivity contribution in [3.63, 3.8) is 0 Å². The topological polar surface area (TPSA) is 50.7 Å². The molecule has 0 heterocycles. The summed E-state index contributed by atoms with van der Waals surface area (Å²) in [6.45, 7) is 7.60. The maximum Gasteiger partial charge on any atom is 0.160 e. The zero-order valence-electron chi connectivity index (χ0n) is 11.6. The second-order valence-electron chi connectivity index (χ2n) is 4.53. The zero-order chi connectivity index (χ0) is 13.5. The van der Waals surface area contributed by atoms with Gasteiger partial charge in [0.15, 0.2) is 11.5 Å². The van der Waals surface area contributed by atoms with Crippen LogP contribution in [0.2, 0.25) is 0 Å². The minimum Gasteiger partial charge on any atom is -0.504 e. The Balaban J connectivity index is 2.48. The van der Waals surface area contributed by atoms with Crippen molar-refractivity contribution in [3.8, 4) is 11.5 Å². The summed E-state index contributed by atoms with van der Waals surface area (Å²) < 4.78 is 10.6. The molecule has 0 aliphatic rings. The Morgan fingerprint density at radius 1 is 1.28 bits per heavy atom. The number of phenols is 1. The van der Waals surface area contributed by atoms with Crippen molar-refractivity contribution in [2.75, 3.05) is 20.3 Å². The van der Waals surface area contributed by atoms with Crippen LogP contribution in [0.15, 0.2) is 18.2 Å². The number of methoxy groups -OCH3 is 1. The minimum atomic E-state index is 0.164. The molecule has 0 radical (unpaired) electrons. The lowest BCUT2D eigenvalue weighted by Gasteiger charge is -2.16. The molecule has 0 aliphatic heterocycles. The number of aromatic hydroxyl groups is 1. The van der Waals surface area contributed by atoms with Gasteiger partial charge in [0.1, 0.15) is 0 Å². The summed E-state index contributed by atoms with van der Waals surface area (Å²) in [6.07, 6.45) is 0.260. The van der Waals surface area contributed by atoms with E-state index in [0.717, 1.165) is 12.1 Å². The molecule has 4 nitrogen and oxygen atoms in total. The fourth-order valence-electron chi connectivity index (χ4n) is 1.65. The largest absolute Gasteiger partial charge is 0.504 e. The van der Waals surface area contributed by atoms with Gasteiger partial charge in [-0.3, -0.25) is 0 Å². The van der Waals surface area contributed by atoms with Crippen LogP contribution in [-0.4, -0.2) is 31.5 Å². The van der Waals surface area contributed by atoms with Crippen LogP contribution < -0.4 is 10.1 Å². The molecular formula is C14H23NO3. The van der Waals surface area contributed by atoms with Gasteiger partial charge in [-0.25, -0.2) is 0 Å². The molecule has 102 valence electrons. The highest BCUT2D eigenvalue weighted by molar-refractivity contribution is 5.42. The van der Waals surface area contributed by atoms with Crippen molar-refractivity contribution in [3.05, 3.63) is 23.8 Å². The molecule has 1 aromatic rings. The molecule has 4 heteroatoms. The molecule has 18 heavy (non-hydrogen) atoms. The fraction of sp³-hybridized carbons (Fsp3) is 0.571. The minimum absolute atomic E-state index is 0.164. The molecule has 0 fully saturated rings. The van der Waals surface area contributed by atoms with Gasteiger partial charge in [0.25, 0.3) is 0 Å². The smallest absolute Gasteiger partial charge is 0.160 e. The molecular weight excluding hydrogens is 230 g/mol. The summed E-state index contributed by atoms with van der Waals surface area (Å²) >= 11 is 0. The maximum absolute atomic E-state index is 9.53. The quantitative estimate of drug-likeness (QED) is 0.733. The molecule has 1 aromatic carbocycles. The van der Waals surface area contributed by atoms with Gasteiger partial charge in [0, 0.05) is 12.6 Å². The Morgan fingerprint density at radius 2 is 2.00 bits per heavy atom. The van der Waals surface area contributed by atoms with Crippen molar-refractivity contribution in [2.45, 2.75) is 32.9 Å². The van der Waals surface area contributed by atoms with Gasteiger partial charge in [0.2, 0.25) is 0 Å². The van der Waals surface area contributed by atoms with Crippen molar-refractivity contribution in [2.24, 2.45) is 0 Å². The highest BCUT2D eigenvalue weighted by Crippen LogP contribution is 2.28. The average Bonchev–Trinajstić information content (AvgIpc) is 2.34. The highest BCUT2D eigenvalue weighted by Gasteiger charge is 2.08. The van der Waals surface area contributed by atoms with Gasteiger partial charge in [-0.05, 0) is 38.5 Å². The molecule has 0 bridgehead atoms. The molecule has 1 rings (SSSR count). The van der Waals surface area contributed by atoms with E-state index in [9.17, 15) is 5.11 Å². The van der Waals surface area contributed by atoms with Crippen LogP contribution in [-0.2, 0) is 4.74 Å². The number of benzene rings is 1. The van der Waals surface area contributed by atoms with E-state index in [1.165, 1.54) is 0 Å². The van der Waals surface area contributed by atoms with E-state index < -0.39 is 0 Å². The highest BCUT2D eigenvalue weighted by atomic mass is 16.5. The number of hydrogen-bond donors (Lipinski definition) is 2. The van der Waals surface area contributed by atoms with Crippen LogP contribution >= 0.6 is 0 Å². The van der Waals surface area contributed by atoms with Crippen LogP contribution in [0.25, 0.3) is 0 Å². The Morgan fingerprint density at radius 3 is 2.61 bits per heavy atom. The lowest BCUT2D eigenvalue weighted by molar-refractivity contribution is 0.0796. The normalized spacial score (nSPS) is 12.7. The van der Waals surface area contributed by atoms with Gasteiger partial charge < -0.3 is 19.9 Å². The maximum atomic E-state index is 9.53. The van der Waals surface area contributed by atoms with Crippen LogP contribution in [0.4, 0.5) is 0 Å². The number of nitrogens with one attached hydrogen (secondary N) is 1. The van der Waals surface area contributed by atoms with E-state index >= 15 is 0 Å². The van der Waals surface area contributed by atoms with Gasteiger partial charge in [-0.1, -0.05) is 6.07 Å². The zero-order valence-corrected chi connectivity index (χ0v) is 11.6. The monoisotopic (exact) mass is 253 g/mol. The lowest BCUT2D eigenvalue weighted by atomic mass is 10.1. The predicted molar refractivity (Wildman–Crippen MR) is 72.2 cm³/mol. The Bertz CT molecular complexity index is 366. The van der Waals surface area contributed by atoms with E-state index in [4.69, 9.17) is 9.47 Å². The molecule has 0 aromatic heterocycles. The number of ether oxygens (including phenoxy) is 2. The molecule has 0 aliphatic carbocycles. The van der Waals surface area contributed by atoms with E-state index in [1.807, 2.05) is 26.0 Å². The van der Waals surface area contributed by atoms with E-state index in [2.05, 4.69) is 12.2 Å². The van der Waals surface area contributed by atoms with Crippen LogP contribution in [0.3, 0.4) is 0 Å². The first-order valence-electron chi connectivity index (χ1n) is 6.26. The van der Waals surface area contributed by atoms with Crippen LogP contribution in [0.1, 0.15) is 32.4 Å². The summed E-state index contributed by atoms with van der Waals surface area (Å²) in [5.74, 6) is 0.663. The van der Waals surface area contributed by atoms with Crippen molar-refractivity contribution >= 4 is 0 Å². The first-order valence-corrected chi connectivity index (χ1v) is 6.26. The molecule has 1 unspecified atom stereocenters. The van der Waals surface area contributed by atoms with Crippen LogP contribution in [0.5, 0.6) is 11.5 Å². The first-order chi connectivity index (χ1) is 8.54. The molecule has 0 spiro atoms. The van der Waals surface area contributed by atoms with Gasteiger partial charge in [0.05, 0.1) is 19.8 Å². The van der Waals surface area contributed by atoms with Gasteiger partial charge in [-0.15, -0.1) is 0 Å². The number of rotatable bonds is 7. The van der Waals surface area contributed by atoms with E-state index in [0.29, 0.717) is 12.4 Å². The third-order valence-electron chi connectivity index (χ3n) is 2.71. The molecule has 0 saturated heterocycles. The third kappa shape index (κ3) is 4.55. The van der Waals surface area contributed by atoms with Gasteiger partial charge in [-0.2, -0.15) is 0 Å². The summed E-state index contributed by atoms with van der Waals surface area (Å²) in [5.41, 5.74) is 1.08. The average molecular weight is 253 g/mol. The summed E-state index contributed by atoms with van der Waals surface area (Å²) in [5, 5.41) is 12.9. The van der Waals surface area contributed by atoms with Crippen molar-refractivity contribution in [1.29, 1.82) is 0 Å². The number of hydrogen-bond acceptors (Lipinski definition) is 4. The fourth-order valence-corrected chi connectivity index (χ4v) is 1.65. The molecule has 1 atom stereocenters. The summed E-state index contributed by atoms with van der Waals surface area (Å²) in [6, 6.07) is 5.57. The second kappa shape index (κ2) is 7.24. The van der Waals surface area contributed by atoms with Gasteiger partial charge >= 0.3 is 0 Å². The number of phenolic OH excluding ortho intramolecular Hbond substituents is 1. The molecule has 0 saturated carbocycles. The third-order valence-corrected chi connectivity index (χ3v) is 2.71. The Kier molecular flexibility index (Phi) is 5.95.